The molecule has 0 atom stereocenters. The van der Waals surface area contributed by atoms with Crippen molar-refractivity contribution < 1.29 is 0 Å². The van der Waals surface area contributed by atoms with Gasteiger partial charge in [-0.1, -0.05) is 34.1 Å². The second-order valence-electron chi connectivity index (χ2n) is 4.68. The highest BCUT2D eigenvalue weighted by atomic mass is 14.5. The van der Waals surface area contributed by atoms with Gasteiger partial charge in [0, 0.05) is 0 Å². The lowest BCUT2D eigenvalue weighted by molar-refractivity contribution is -0.0448. The summed E-state index contributed by atoms with van der Waals surface area (Å²) in [6.07, 6.45) is 7.70. The maximum absolute atomic E-state index is 2.40. The summed E-state index contributed by atoms with van der Waals surface area (Å²) in [7, 11) is 0. The van der Waals surface area contributed by atoms with Gasteiger partial charge in [-0.15, -0.1) is 0 Å². The molecular formula is C11H22. The first-order valence-electron chi connectivity index (χ1n) is 4.73. The third-order valence-electron chi connectivity index (χ3n) is 3.90. The maximum Gasteiger partial charge on any atom is -0.0269 e. The zero-order chi connectivity index (χ0) is 7.19. The molecule has 66 valence electrons. The molecule has 11 heavy (non-hydrogen) atoms. The van der Waals surface area contributed by atoms with Gasteiger partial charge in [-0.3, -0.25) is 0 Å². The molecule has 0 heteroatoms. The summed E-state index contributed by atoms with van der Waals surface area (Å²) in [4.78, 5) is 0. The molecule has 3 aliphatic rings. The number of rotatable bonds is 1. The molecule has 0 aliphatic heterocycles. The largest absolute Gasteiger partial charge is 0.0776 e. The summed E-state index contributed by atoms with van der Waals surface area (Å²) < 4.78 is 0. The van der Waals surface area contributed by atoms with Crippen LogP contribution in [0.25, 0.3) is 0 Å². The highest BCUT2D eigenvalue weighted by Gasteiger charge is 2.48. The predicted molar refractivity (Wildman–Crippen MR) is 50.6 cm³/mol. The van der Waals surface area contributed by atoms with Crippen LogP contribution in [0.5, 0.6) is 0 Å². The Morgan fingerprint density at radius 3 is 2.18 bits per heavy atom. The molecule has 0 nitrogen and oxygen atoms in total. The Kier molecular flexibility index (Phi) is 2.32. The van der Waals surface area contributed by atoms with E-state index in [-0.39, 0.29) is 7.43 Å². The van der Waals surface area contributed by atoms with E-state index in [9.17, 15) is 0 Å². The Hall–Kier alpha value is 0. The monoisotopic (exact) mass is 154 g/mol. The molecule has 0 spiro atoms. The lowest BCUT2D eigenvalue weighted by Gasteiger charge is -2.55. The Labute approximate surface area is 71.4 Å². The van der Waals surface area contributed by atoms with Gasteiger partial charge in [0.2, 0.25) is 0 Å². The van der Waals surface area contributed by atoms with Crippen LogP contribution in [0.1, 0.15) is 53.4 Å². The third-order valence-corrected chi connectivity index (χ3v) is 3.90. The van der Waals surface area contributed by atoms with Crippen molar-refractivity contribution in [3.05, 3.63) is 0 Å². The van der Waals surface area contributed by atoms with E-state index in [1.165, 1.54) is 19.3 Å². The van der Waals surface area contributed by atoms with Crippen LogP contribution in [0.2, 0.25) is 0 Å². The van der Waals surface area contributed by atoms with Crippen LogP contribution in [-0.2, 0) is 0 Å². The molecule has 0 unspecified atom stereocenters. The summed E-state index contributed by atoms with van der Waals surface area (Å²) in [6.45, 7) is 4.81. The van der Waals surface area contributed by atoms with E-state index >= 15 is 0 Å². The van der Waals surface area contributed by atoms with Crippen molar-refractivity contribution in [2.24, 2.45) is 17.3 Å². The molecular weight excluding hydrogens is 132 g/mol. The Balaban J connectivity index is 0.000000605. The van der Waals surface area contributed by atoms with Crippen LogP contribution in [0.15, 0.2) is 0 Å². The molecule has 0 heterocycles. The molecule has 0 aromatic carbocycles. The summed E-state index contributed by atoms with van der Waals surface area (Å²) in [5.74, 6) is 2.08. The summed E-state index contributed by atoms with van der Waals surface area (Å²) >= 11 is 0. The first-order valence-corrected chi connectivity index (χ1v) is 4.73. The van der Waals surface area contributed by atoms with Crippen molar-refractivity contribution in [2.45, 2.75) is 53.4 Å². The third kappa shape index (κ3) is 1.21. The lowest BCUT2D eigenvalue weighted by Crippen LogP contribution is -2.44. The van der Waals surface area contributed by atoms with Crippen LogP contribution in [-0.4, -0.2) is 0 Å². The van der Waals surface area contributed by atoms with Crippen molar-refractivity contribution in [2.75, 3.05) is 0 Å². The van der Waals surface area contributed by atoms with Gasteiger partial charge in [0.25, 0.3) is 0 Å². The van der Waals surface area contributed by atoms with Crippen LogP contribution in [0, 0.1) is 17.3 Å². The highest BCUT2D eigenvalue weighted by Crippen LogP contribution is 2.59. The van der Waals surface area contributed by atoms with Gasteiger partial charge < -0.3 is 0 Å². The van der Waals surface area contributed by atoms with Gasteiger partial charge in [-0.25, -0.2) is 0 Å². The second kappa shape index (κ2) is 2.80. The maximum atomic E-state index is 2.40. The fourth-order valence-corrected chi connectivity index (χ4v) is 3.00. The SMILES string of the molecule is C.CC(C)C12CCCC(C1)C2. The number of hydrogen-bond donors (Lipinski definition) is 0. The van der Waals surface area contributed by atoms with Crippen LogP contribution in [0.3, 0.4) is 0 Å². The van der Waals surface area contributed by atoms with Crippen LogP contribution >= 0.6 is 0 Å². The average molecular weight is 154 g/mol. The van der Waals surface area contributed by atoms with Crippen LogP contribution in [0.4, 0.5) is 0 Å². The van der Waals surface area contributed by atoms with Gasteiger partial charge in [-0.2, -0.15) is 0 Å². The minimum absolute atomic E-state index is 0. The second-order valence-corrected chi connectivity index (χ2v) is 4.68. The van der Waals surface area contributed by atoms with Gasteiger partial charge in [0.15, 0.2) is 0 Å². The Morgan fingerprint density at radius 1 is 1.27 bits per heavy atom. The zero-order valence-corrected chi connectivity index (χ0v) is 7.19. The van der Waals surface area contributed by atoms with E-state index < -0.39 is 0 Å². The molecule has 3 rings (SSSR count). The van der Waals surface area contributed by atoms with Crippen molar-refractivity contribution in [3.63, 3.8) is 0 Å². The van der Waals surface area contributed by atoms with Gasteiger partial charge in [-0.05, 0) is 36.5 Å². The Bertz CT molecular complexity index is 123. The van der Waals surface area contributed by atoms with Crippen molar-refractivity contribution >= 4 is 0 Å². The van der Waals surface area contributed by atoms with E-state index in [2.05, 4.69) is 13.8 Å². The first-order chi connectivity index (χ1) is 4.73. The predicted octanol–water partition coefficient (Wildman–Crippen LogP) is 3.86. The van der Waals surface area contributed by atoms with E-state index in [0.29, 0.717) is 0 Å². The molecule has 0 N–H and O–H groups in total. The smallest absolute Gasteiger partial charge is 0.0269 e. The quantitative estimate of drug-likeness (QED) is 0.538. The normalized spacial score (nSPS) is 41.2. The van der Waals surface area contributed by atoms with Gasteiger partial charge in [0.1, 0.15) is 0 Å². The molecule has 0 aromatic rings. The molecule has 0 radical (unpaired) electrons. The fourth-order valence-electron chi connectivity index (χ4n) is 3.00. The summed E-state index contributed by atoms with van der Waals surface area (Å²) in [5, 5.41) is 0. The van der Waals surface area contributed by atoms with E-state index in [1.54, 1.807) is 12.8 Å². The Morgan fingerprint density at radius 2 is 1.91 bits per heavy atom. The zero-order valence-electron chi connectivity index (χ0n) is 7.19. The molecule has 0 amide bonds. The highest BCUT2D eigenvalue weighted by molar-refractivity contribution is 4.98. The molecule has 3 saturated carbocycles. The molecule has 3 aliphatic carbocycles. The van der Waals surface area contributed by atoms with Gasteiger partial charge in [0.05, 0.1) is 0 Å². The van der Waals surface area contributed by atoms with E-state index in [0.717, 1.165) is 17.3 Å². The number of hydrogen-bond acceptors (Lipinski definition) is 0. The fraction of sp³-hybridized carbons (Fsp3) is 1.00. The molecule has 3 fully saturated rings. The standard InChI is InChI=1S/C10H18.CH4/c1-8(2)10-5-3-4-9(6-10)7-10;/h8-9H,3-7H2,1-2H3;1H4. The first kappa shape index (κ1) is 9.09. The van der Waals surface area contributed by atoms with E-state index in [1.807, 2.05) is 0 Å². The number of fused-ring (bicyclic) bond motifs is 2. The van der Waals surface area contributed by atoms with Gasteiger partial charge >= 0.3 is 0 Å². The average Bonchev–Trinajstić information content (AvgIpc) is 1.87. The topological polar surface area (TPSA) is 0 Å². The molecule has 0 saturated heterocycles. The van der Waals surface area contributed by atoms with Crippen LogP contribution < -0.4 is 0 Å². The summed E-state index contributed by atoms with van der Waals surface area (Å²) in [5.41, 5.74) is 0.822. The lowest BCUT2D eigenvalue weighted by atomic mass is 9.50. The summed E-state index contributed by atoms with van der Waals surface area (Å²) in [6, 6.07) is 0. The minimum atomic E-state index is 0. The molecule has 2 bridgehead atoms. The molecule has 0 aromatic heterocycles. The van der Waals surface area contributed by atoms with Crippen molar-refractivity contribution in [1.29, 1.82) is 0 Å². The minimum Gasteiger partial charge on any atom is -0.0776 e. The van der Waals surface area contributed by atoms with Crippen molar-refractivity contribution in [3.8, 4) is 0 Å². The van der Waals surface area contributed by atoms with E-state index in [4.69, 9.17) is 0 Å². The van der Waals surface area contributed by atoms with Crippen molar-refractivity contribution in [1.82, 2.24) is 0 Å².